The average Bonchev–Trinajstić information content (AvgIpc) is 2.29. The molecule has 0 radical (unpaired) electrons. The summed E-state index contributed by atoms with van der Waals surface area (Å²) in [5, 5.41) is 12.6. The van der Waals surface area contributed by atoms with Gasteiger partial charge in [-0.25, -0.2) is 0 Å². The van der Waals surface area contributed by atoms with Gasteiger partial charge in [-0.05, 0) is 24.6 Å². The summed E-state index contributed by atoms with van der Waals surface area (Å²) in [6.45, 7) is 3.26. The minimum atomic E-state index is -0.279. The number of aliphatic hydroxyl groups excluding tert-OH is 1. The summed E-state index contributed by atoms with van der Waals surface area (Å²) >= 11 is 3.43. The molecule has 0 saturated carbocycles. The Labute approximate surface area is 105 Å². The molecule has 1 unspecified atom stereocenters. The van der Waals surface area contributed by atoms with Crippen LogP contribution >= 0.6 is 15.9 Å². The molecule has 0 saturated heterocycles. The van der Waals surface area contributed by atoms with E-state index in [1.54, 1.807) is 7.11 Å². The molecule has 90 valence electrons. The fourth-order valence-electron chi connectivity index (χ4n) is 1.40. The van der Waals surface area contributed by atoms with Crippen molar-refractivity contribution >= 4 is 15.9 Å². The molecule has 0 aliphatic rings. The van der Waals surface area contributed by atoms with Gasteiger partial charge in [0.2, 0.25) is 0 Å². The molecule has 1 rings (SSSR count). The van der Waals surface area contributed by atoms with Gasteiger partial charge in [0.05, 0.1) is 13.2 Å². The molecule has 16 heavy (non-hydrogen) atoms. The SMILES string of the molecule is CCC(O)CNCc1cc(Br)ccc1OC. The second-order valence-electron chi connectivity index (χ2n) is 3.65. The van der Waals surface area contributed by atoms with Gasteiger partial charge in [0, 0.05) is 23.1 Å². The zero-order valence-corrected chi connectivity index (χ0v) is 11.3. The lowest BCUT2D eigenvalue weighted by Crippen LogP contribution is -2.25. The summed E-state index contributed by atoms with van der Waals surface area (Å²) in [5.74, 6) is 0.863. The van der Waals surface area contributed by atoms with Crippen LogP contribution in [0.3, 0.4) is 0 Å². The Kier molecular flexibility index (Phi) is 5.80. The molecular formula is C12H18BrNO2. The molecule has 2 N–H and O–H groups in total. The van der Waals surface area contributed by atoms with E-state index in [0.717, 1.165) is 22.2 Å². The average molecular weight is 288 g/mol. The smallest absolute Gasteiger partial charge is 0.123 e. The van der Waals surface area contributed by atoms with Crippen LogP contribution in [0.1, 0.15) is 18.9 Å². The number of halogens is 1. The number of rotatable bonds is 6. The van der Waals surface area contributed by atoms with Crippen LogP contribution in [0.25, 0.3) is 0 Å². The van der Waals surface area contributed by atoms with E-state index in [4.69, 9.17) is 4.74 Å². The largest absolute Gasteiger partial charge is 0.496 e. The van der Waals surface area contributed by atoms with E-state index in [9.17, 15) is 5.11 Å². The number of aliphatic hydroxyl groups is 1. The monoisotopic (exact) mass is 287 g/mol. The zero-order valence-electron chi connectivity index (χ0n) is 9.66. The van der Waals surface area contributed by atoms with Crippen LogP contribution in [0.4, 0.5) is 0 Å². The molecule has 0 bridgehead atoms. The third kappa shape index (κ3) is 4.12. The molecule has 4 heteroatoms. The van der Waals surface area contributed by atoms with Crippen molar-refractivity contribution in [2.45, 2.75) is 26.0 Å². The molecule has 0 aliphatic carbocycles. The Balaban J connectivity index is 2.55. The molecule has 0 amide bonds. The van der Waals surface area contributed by atoms with E-state index in [0.29, 0.717) is 13.1 Å². The van der Waals surface area contributed by atoms with Crippen molar-refractivity contribution in [1.29, 1.82) is 0 Å². The highest BCUT2D eigenvalue weighted by Crippen LogP contribution is 2.22. The summed E-state index contributed by atoms with van der Waals surface area (Å²) in [6.07, 6.45) is 0.487. The predicted octanol–water partition coefficient (Wildman–Crippen LogP) is 2.32. The number of ether oxygens (including phenoxy) is 1. The second-order valence-corrected chi connectivity index (χ2v) is 4.56. The molecule has 0 aliphatic heterocycles. The highest BCUT2D eigenvalue weighted by molar-refractivity contribution is 9.10. The van der Waals surface area contributed by atoms with Gasteiger partial charge < -0.3 is 15.2 Å². The summed E-state index contributed by atoms with van der Waals surface area (Å²) < 4.78 is 6.29. The highest BCUT2D eigenvalue weighted by atomic mass is 79.9. The van der Waals surface area contributed by atoms with Crippen LogP contribution in [0, 0.1) is 0 Å². The molecular weight excluding hydrogens is 270 g/mol. The van der Waals surface area contributed by atoms with Crippen molar-refractivity contribution in [1.82, 2.24) is 5.32 Å². The summed E-state index contributed by atoms with van der Waals surface area (Å²) in [7, 11) is 1.66. The van der Waals surface area contributed by atoms with E-state index < -0.39 is 0 Å². The number of nitrogens with one attached hydrogen (secondary N) is 1. The number of hydrogen-bond donors (Lipinski definition) is 2. The topological polar surface area (TPSA) is 41.5 Å². The van der Waals surface area contributed by atoms with Gasteiger partial charge in [-0.2, -0.15) is 0 Å². The maximum absolute atomic E-state index is 9.41. The van der Waals surface area contributed by atoms with Gasteiger partial charge >= 0.3 is 0 Å². The molecule has 0 aromatic heterocycles. The van der Waals surface area contributed by atoms with E-state index >= 15 is 0 Å². The maximum Gasteiger partial charge on any atom is 0.123 e. The summed E-state index contributed by atoms with van der Waals surface area (Å²) in [6, 6.07) is 5.89. The van der Waals surface area contributed by atoms with Gasteiger partial charge in [-0.15, -0.1) is 0 Å². The molecule has 0 fully saturated rings. The first kappa shape index (κ1) is 13.5. The first-order chi connectivity index (χ1) is 7.67. The number of benzene rings is 1. The fraction of sp³-hybridized carbons (Fsp3) is 0.500. The molecule has 1 aromatic rings. The number of hydrogen-bond acceptors (Lipinski definition) is 3. The van der Waals surface area contributed by atoms with Gasteiger partial charge in [0.15, 0.2) is 0 Å². The molecule has 0 spiro atoms. The molecule has 1 atom stereocenters. The van der Waals surface area contributed by atoms with Gasteiger partial charge in [-0.3, -0.25) is 0 Å². The lowest BCUT2D eigenvalue weighted by Gasteiger charge is -2.12. The quantitative estimate of drug-likeness (QED) is 0.844. The molecule has 3 nitrogen and oxygen atoms in total. The van der Waals surface area contributed by atoms with Crippen LogP contribution in [0.2, 0.25) is 0 Å². The van der Waals surface area contributed by atoms with Gasteiger partial charge in [0.25, 0.3) is 0 Å². The highest BCUT2D eigenvalue weighted by Gasteiger charge is 2.04. The lowest BCUT2D eigenvalue weighted by atomic mass is 10.2. The first-order valence-corrected chi connectivity index (χ1v) is 6.17. The van der Waals surface area contributed by atoms with Gasteiger partial charge in [0.1, 0.15) is 5.75 Å². The Morgan fingerprint density at radius 1 is 1.50 bits per heavy atom. The van der Waals surface area contributed by atoms with E-state index in [2.05, 4.69) is 21.2 Å². The standard InChI is InChI=1S/C12H18BrNO2/c1-3-11(15)8-14-7-9-6-10(13)4-5-12(9)16-2/h4-6,11,14-15H,3,7-8H2,1-2H3. The second kappa shape index (κ2) is 6.89. The Bertz CT molecular complexity index is 331. The zero-order chi connectivity index (χ0) is 12.0. The van der Waals surface area contributed by atoms with E-state index in [1.807, 2.05) is 25.1 Å². The summed E-state index contributed by atoms with van der Waals surface area (Å²) in [4.78, 5) is 0. The normalized spacial score (nSPS) is 12.5. The predicted molar refractivity (Wildman–Crippen MR) is 68.7 cm³/mol. The third-order valence-corrected chi connectivity index (χ3v) is 2.90. The molecule has 1 aromatic carbocycles. The van der Waals surface area contributed by atoms with Crippen LogP contribution < -0.4 is 10.1 Å². The van der Waals surface area contributed by atoms with Crippen LogP contribution in [0.15, 0.2) is 22.7 Å². The molecule has 0 heterocycles. The van der Waals surface area contributed by atoms with Crippen LogP contribution in [-0.2, 0) is 6.54 Å². The lowest BCUT2D eigenvalue weighted by molar-refractivity contribution is 0.167. The minimum Gasteiger partial charge on any atom is -0.496 e. The third-order valence-electron chi connectivity index (χ3n) is 2.41. The minimum absolute atomic E-state index is 0.279. The van der Waals surface area contributed by atoms with Crippen molar-refractivity contribution in [3.63, 3.8) is 0 Å². The van der Waals surface area contributed by atoms with E-state index in [1.165, 1.54) is 0 Å². The van der Waals surface area contributed by atoms with Crippen molar-refractivity contribution < 1.29 is 9.84 Å². The first-order valence-electron chi connectivity index (χ1n) is 5.38. The van der Waals surface area contributed by atoms with Crippen molar-refractivity contribution in [3.8, 4) is 5.75 Å². The Morgan fingerprint density at radius 2 is 2.25 bits per heavy atom. The van der Waals surface area contributed by atoms with E-state index in [-0.39, 0.29) is 6.10 Å². The van der Waals surface area contributed by atoms with Crippen molar-refractivity contribution in [2.24, 2.45) is 0 Å². The van der Waals surface area contributed by atoms with Crippen LogP contribution in [0.5, 0.6) is 5.75 Å². The Hall–Kier alpha value is -0.580. The number of methoxy groups -OCH3 is 1. The van der Waals surface area contributed by atoms with Crippen molar-refractivity contribution in [2.75, 3.05) is 13.7 Å². The maximum atomic E-state index is 9.41. The summed E-state index contributed by atoms with van der Waals surface area (Å²) in [5.41, 5.74) is 1.08. The van der Waals surface area contributed by atoms with Gasteiger partial charge in [-0.1, -0.05) is 22.9 Å². The van der Waals surface area contributed by atoms with Crippen molar-refractivity contribution in [3.05, 3.63) is 28.2 Å². The fourth-order valence-corrected chi connectivity index (χ4v) is 1.81. The van der Waals surface area contributed by atoms with Crippen LogP contribution in [-0.4, -0.2) is 24.9 Å². The Morgan fingerprint density at radius 3 is 2.88 bits per heavy atom.